The van der Waals surface area contributed by atoms with Crippen LogP contribution in [-0.2, 0) is 10.9 Å². The lowest BCUT2D eigenvalue weighted by Crippen LogP contribution is -2.52. The Kier molecular flexibility index (Phi) is 21.2. The Morgan fingerprint density at radius 3 is 1.31 bits per heavy atom. The maximum Gasteiger partial charge on any atom is 0.418 e. The molecule has 2 saturated carbocycles. The summed E-state index contributed by atoms with van der Waals surface area (Å²) in [5.41, 5.74) is 10.1. The van der Waals surface area contributed by atoms with Crippen molar-refractivity contribution in [1.82, 2.24) is 70.1 Å². The first-order valence-corrected chi connectivity index (χ1v) is 41.1. The number of fused-ring (bicyclic) bond motifs is 16. The van der Waals surface area contributed by atoms with Crippen molar-refractivity contribution < 1.29 is 37.1 Å². The van der Waals surface area contributed by atoms with Gasteiger partial charge in [-0.2, -0.15) is 13.2 Å². The van der Waals surface area contributed by atoms with Gasteiger partial charge in [0.15, 0.2) is 40.7 Å². The summed E-state index contributed by atoms with van der Waals surface area (Å²) in [6.07, 6.45) is 20.8. The third-order valence-electron chi connectivity index (χ3n) is 23.5. The van der Waals surface area contributed by atoms with E-state index in [1.165, 1.54) is 37.6 Å². The molecule has 9 aliphatic heterocycles. The fourth-order valence-corrected chi connectivity index (χ4v) is 17.1. The van der Waals surface area contributed by atoms with Crippen molar-refractivity contribution in [2.45, 2.75) is 135 Å². The molecular formula is C86H93F3N26O5. The van der Waals surface area contributed by atoms with Gasteiger partial charge >= 0.3 is 30.3 Å². The van der Waals surface area contributed by atoms with Gasteiger partial charge in [-0.25, -0.2) is 54.1 Å². The number of rotatable bonds is 10. The second-order valence-electron chi connectivity index (χ2n) is 33.4. The van der Waals surface area contributed by atoms with Gasteiger partial charge in [0.25, 0.3) is 0 Å². The molecule has 2 aliphatic carbocycles. The first-order chi connectivity index (χ1) is 58.0. The molecule has 5 atom stereocenters. The molecular weight excluding hydrogens is 1530 g/mol. The Bertz CT molecular complexity index is 5490. The van der Waals surface area contributed by atoms with Crippen molar-refractivity contribution in [1.29, 1.82) is 0 Å². The maximum atomic E-state index is 13.8. The average molecular weight is 1630 g/mol. The summed E-state index contributed by atoms with van der Waals surface area (Å²) >= 11 is 0. The van der Waals surface area contributed by atoms with E-state index in [2.05, 4.69) is 135 Å². The number of ether oxygens (including phenoxy) is 1. The molecule has 21 rings (SSSR count). The Labute approximate surface area is 691 Å². The zero-order valence-corrected chi connectivity index (χ0v) is 67.6. The zero-order valence-electron chi connectivity index (χ0n) is 67.6. The van der Waals surface area contributed by atoms with Gasteiger partial charge in [-0.1, -0.05) is 20.8 Å². The number of hydrogen-bond acceptors (Lipinski definition) is 23. The highest BCUT2D eigenvalue weighted by molar-refractivity contribution is 6.06. The third-order valence-corrected chi connectivity index (χ3v) is 23.5. The molecule has 1 unspecified atom stereocenters. The lowest BCUT2D eigenvalue weighted by atomic mass is 9.97. The van der Waals surface area contributed by atoms with Gasteiger partial charge in [0.2, 0.25) is 0 Å². The summed E-state index contributed by atoms with van der Waals surface area (Å²) in [5.74, 6) is 5.25. The Morgan fingerprint density at radius 2 is 0.875 bits per heavy atom. The second kappa shape index (κ2) is 32.4. The highest BCUT2D eigenvalue weighted by Crippen LogP contribution is 2.49. The minimum atomic E-state index is -4.50. The lowest BCUT2D eigenvalue weighted by molar-refractivity contribution is -0.138. The fraction of sp³-hybridized carbons (Fsp3) is 0.407. The summed E-state index contributed by atoms with van der Waals surface area (Å²) in [6, 6.07) is 24.3. The van der Waals surface area contributed by atoms with Crippen LogP contribution < -0.4 is 65.4 Å². The highest BCUT2D eigenvalue weighted by atomic mass is 19.4. The second-order valence-corrected chi connectivity index (χ2v) is 33.4. The number of aryl methyl sites for hydroxylation is 3. The predicted molar refractivity (Wildman–Crippen MR) is 451 cm³/mol. The average Bonchev–Trinajstić information content (AvgIpc) is 1.54. The molecule has 0 spiro atoms. The van der Waals surface area contributed by atoms with E-state index in [-0.39, 0.29) is 64.9 Å². The molecule has 10 aromatic rings. The first kappa shape index (κ1) is 78.3. The molecule has 618 valence electrons. The van der Waals surface area contributed by atoms with Crippen LogP contribution in [0.5, 0.6) is 0 Å². The lowest BCUT2D eigenvalue weighted by Gasteiger charge is -2.38. The van der Waals surface area contributed by atoms with Crippen LogP contribution in [0, 0.1) is 32.1 Å². The minimum absolute atomic E-state index is 0.0405. The number of halogens is 3. The van der Waals surface area contributed by atoms with E-state index < -0.39 is 17.8 Å². The molecule has 0 radical (unpaired) electrons. The molecule has 7 fully saturated rings. The van der Waals surface area contributed by atoms with Crippen molar-refractivity contribution in [2.24, 2.45) is 11.3 Å². The van der Waals surface area contributed by atoms with Crippen LogP contribution >= 0.6 is 0 Å². The number of carbonyl (C=O) groups excluding carboxylic acids is 4. The summed E-state index contributed by atoms with van der Waals surface area (Å²) in [4.78, 5) is 128. The van der Waals surface area contributed by atoms with E-state index in [0.717, 1.165) is 190 Å². The highest BCUT2D eigenvalue weighted by Gasteiger charge is 2.47. The smallest absolute Gasteiger partial charge is 0.374 e. The van der Waals surface area contributed by atoms with Crippen LogP contribution in [0.2, 0.25) is 0 Å². The molecule has 4 N–H and O–H groups in total. The number of nitrogens with zero attached hydrogens (tertiary/aromatic N) is 22. The van der Waals surface area contributed by atoms with Crippen LogP contribution in [0.25, 0.3) is 33.8 Å². The van der Waals surface area contributed by atoms with Crippen LogP contribution in [0.3, 0.4) is 0 Å². The van der Waals surface area contributed by atoms with Crippen molar-refractivity contribution in [3.63, 3.8) is 0 Å². The molecule has 19 heterocycles. The van der Waals surface area contributed by atoms with Gasteiger partial charge < -0.3 is 34.6 Å². The third kappa shape index (κ3) is 16.6. The van der Waals surface area contributed by atoms with Crippen molar-refractivity contribution in [2.75, 3.05) is 139 Å². The van der Waals surface area contributed by atoms with Crippen LogP contribution in [0.15, 0.2) is 147 Å². The van der Waals surface area contributed by atoms with E-state index >= 15 is 0 Å². The van der Waals surface area contributed by atoms with Gasteiger partial charge in [0.05, 0.1) is 112 Å². The van der Waals surface area contributed by atoms with Gasteiger partial charge in [0.1, 0.15) is 5.82 Å². The van der Waals surface area contributed by atoms with Gasteiger partial charge in [0, 0.05) is 156 Å². The number of nitrogens with one attached hydrogen (secondary N) is 4. The topological polar surface area (TPSA) is 322 Å². The first-order valence-electron chi connectivity index (χ1n) is 41.1. The van der Waals surface area contributed by atoms with E-state index in [9.17, 15) is 32.3 Å². The molecule has 31 nitrogen and oxygen atoms in total. The molecule has 0 aromatic carbocycles. The Morgan fingerprint density at radius 1 is 0.425 bits per heavy atom. The normalized spacial score (nSPS) is 20.1. The van der Waals surface area contributed by atoms with Crippen molar-refractivity contribution in [3.05, 3.63) is 175 Å². The van der Waals surface area contributed by atoms with Gasteiger partial charge in [-0.05, 0) is 162 Å². The number of anilines is 12. The number of urea groups is 4. The summed E-state index contributed by atoms with van der Waals surface area (Å²) < 4.78 is 47.2. The monoisotopic (exact) mass is 1630 g/mol. The van der Waals surface area contributed by atoms with Crippen molar-refractivity contribution >= 4 is 93.4 Å². The van der Waals surface area contributed by atoms with Gasteiger partial charge in [-0.15, -0.1) is 0 Å². The quantitative estimate of drug-likeness (QED) is 0.0988. The van der Waals surface area contributed by atoms with Crippen LogP contribution in [0.4, 0.5) is 102 Å². The van der Waals surface area contributed by atoms with Crippen LogP contribution in [-0.4, -0.2) is 198 Å². The molecule has 11 aliphatic rings. The Hall–Kier alpha value is -12.9. The number of aromatic nitrogens is 13. The molecule has 34 heteroatoms. The standard InChI is InChI=1S/C23H20F3N7O.C21H25N7O2.C21H21N7O.C21H27N5O/c24-23(25,26)16-9-14(10-29-20(16)13-1-2-13)17-3-4-18-21(30-17)33(15-5-8-32(18)12-15)22(34)31-19-11-27-6-7-28-19;29-21(24-18-11-22-6-7-23-18)28-15-5-8-26(12-15)16-3-4-19(25-20(16)28)27-9-10-30-17(13-27)14-1-2-14;1-13-3-4-15(10-23-13)17-5-6-18-20(25-17)28(16-7-8-27(18)12-16)21(29)26-19-11-22-9-14(2)24-19;1-14-5-6-15(11-22-14)17-7-8-18-19(24-17)26(16-9-10-25(18)12-16)20(27)23-13-21(2,3)4/h3-4,6-7,9-11,13,15H,1-2,5,8,12H2,(H,28,31,34);3-4,6-7,11,14-15,17H,1-2,5,8-10,12-13H2,(H,23,24,29);3-6,9-11,16H,7-8,12H2,1-2H3,(H,24,26,29);5-8,11,16H,9-10,12-13H2,1-4H3,(H,23,27)/t15-;15-,17?;2*16-/m0000/s1. The number of amides is 8. The van der Waals surface area contributed by atoms with Crippen molar-refractivity contribution in [3.8, 4) is 33.8 Å². The van der Waals surface area contributed by atoms with E-state index in [4.69, 9.17) is 19.7 Å². The molecule has 5 saturated heterocycles. The SMILES string of the molecule is Cc1ccc(-c2ccc3c(n2)N(C(=O)NCC(C)(C)C)[C@H]2CCN3C2)cn1.Cc1ccc(-c2ccc3c(n2)N(C(=O)Nc2cncc(C)n2)[C@H]2CCN3C2)cn1.O=C(Nc1cnccn1)N1c2nc(-c3cnc(C4CC4)c(C(F)(F)F)c3)ccc2N2CC[C@H]1C2.O=C(Nc1cnccn1)N1c2nc(N3CCOC(C4CC4)C3)ccc2N2CC[C@H]1C2. The number of hydrogen-bond donors (Lipinski definition) is 4. The van der Waals surface area contributed by atoms with E-state index in [0.29, 0.717) is 59.9 Å². The van der Waals surface area contributed by atoms with Crippen LogP contribution in [0.1, 0.15) is 106 Å². The van der Waals surface area contributed by atoms with Gasteiger partial charge in [-0.3, -0.25) is 65.5 Å². The zero-order chi connectivity index (χ0) is 82.7. The largest absolute Gasteiger partial charge is 0.418 e. The fourth-order valence-electron chi connectivity index (χ4n) is 17.1. The summed E-state index contributed by atoms with van der Waals surface area (Å²) in [5, 5.41) is 11.6. The van der Waals surface area contributed by atoms with E-state index in [1.807, 2.05) is 91.5 Å². The number of pyridine rings is 7. The molecule has 120 heavy (non-hydrogen) atoms. The number of carbonyl (C=O) groups is 4. The minimum Gasteiger partial charge on any atom is -0.374 e. The molecule has 8 amide bonds. The number of morpholine rings is 1. The molecule has 10 aromatic heterocycles. The van der Waals surface area contributed by atoms with E-state index in [1.54, 1.807) is 46.9 Å². The summed E-state index contributed by atoms with van der Waals surface area (Å²) in [6.45, 7) is 22.0. The molecule has 8 bridgehead atoms. The Balaban J connectivity index is 0.000000110. The summed E-state index contributed by atoms with van der Waals surface area (Å²) in [7, 11) is 0. The maximum absolute atomic E-state index is 13.8. The predicted octanol–water partition coefficient (Wildman–Crippen LogP) is 13.4. The number of alkyl halides is 3.